The molecule has 0 aliphatic rings. The fourth-order valence-electron chi connectivity index (χ4n) is 0.860. The van der Waals surface area contributed by atoms with Crippen molar-refractivity contribution in [1.29, 1.82) is 0 Å². The zero-order chi connectivity index (χ0) is 12.3. The second-order valence-electron chi connectivity index (χ2n) is 4.27. The molecule has 0 spiro atoms. The third-order valence-electron chi connectivity index (χ3n) is 1.77. The maximum atomic E-state index is 12.9. The summed E-state index contributed by atoms with van der Waals surface area (Å²) < 4.78 is 27.9. The molecule has 0 saturated heterocycles. The van der Waals surface area contributed by atoms with Gasteiger partial charge in [-0.3, -0.25) is 0 Å². The summed E-state index contributed by atoms with van der Waals surface area (Å²) in [4.78, 5) is 0. The lowest BCUT2D eigenvalue weighted by Gasteiger charge is -2.12. The van der Waals surface area contributed by atoms with E-state index in [4.69, 9.17) is 11.6 Å². The van der Waals surface area contributed by atoms with Crippen molar-refractivity contribution < 1.29 is 8.60 Å². The summed E-state index contributed by atoms with van der Waals surface area (Å²) >= 11 is 5.61. The van der Waals surface area contributed by atoms with Gasteiger partial charge in [0, 0.05) is 6.21 Å². The van der Waals surface area contributed by atoms with Crippen molar-refractivity contribution in [2.45, 2.75) is 25.5 Å². The predicted molar refractivity (Wildman–Crippen MR) is 66.9 cm³/mol. The Balaban J connectivity index is 2.85. The molecule has 16 heavy (non-hydrogen) atoms. The first-order valence-corrected chi connectivity index (χ1v) is 6.20. The molecule has 1 aromatic rings. The molecule has 0 amide bonds. The second kappa shape index (κ2) is 5.06. The maximum Gasteiger partial charge on any atom is 0.144 e. The van der Waals surface area contributed by atoms with E-state index in [-0.39, 0.29) is 5.02 Å². The highest BCUT2D eigenvalue weighted by Gasteiger charge is 2.18. The summed E-state index contributed by atoms with van der Waals surface area (Å²) in [5.74, 6) is -0.476. The molecule has 0 aromatic heterocycles. The van der Waals surface area contributed by atoms with Crippen LogP contribution in [0.4, 0.5) is 4.39 Å². The van der Waals surface area contributed by atoms with E-state index in [9.17, 15) is 8.60 Å². The van der Waals surface area contributed by atoms with Crippen LogP contribution in [0.2, 0.25) is 5.02 Å². The van der Waals surface area contributed by atoms with Gasteiger partial charge < -0.3 is 0 Å². The Morgan fingerprint density at radius 3 is 2.56 bits per heavy atom. The average Bonchev–Trinajstić information content (AvgIpc) is 2.18. The van der Waals surface area contributed by atoms with Crippen molar-refractivity contribution in [2.24, 2.45) is 4.40 Å². The minimum Gasteiger partial charge on any atom is -0.234 e. The average molecular weight is 262 g/mol. The number of hydrogen-bond donors (Lipinski definition) is 0. The molecule has 1 atom stereocenters. The zero-order valence-corrected chi connectivity index (χ0v) is 10.9. The van der Waals surface area contributed by atoms with E-state index in [2.05, 4.69) is 4.40 Å². The van der Waals surface area contributed by atoms with Crippen LogP contribution in [-0.2, 0) is 11.0 Å². The Bertz CT molecular complexity index is 440. The number of benzene rings is 1. The van der Waals surface area contributed by atoms with Gasteiger partial charge in [0.25, 0.3) is 0 Å². The first kappa shape index (κ1) is 13.3. The Kier molecular flexibility index (Phi) is 4.21. The molecule has 5 heteroatoms. The molecule has 0 radical (unpaired) electrons. The molecule has 1 unspecified atom stereocenters. The van der Waals surface area contributed by atoms with Crippen LogP contribution in [-0.4, -0.2) is 15.2 Å². The number of hydrogen-bond acceptors (Lipinski definition) is 1. The van der Waals surface area contributed by atoms with E-state index in [1.165, 1.54) is 24.4 Å². The summed E-state index contributed by atoms with van der Waals surface area (Å²) in [5, 5.41) is 0.0329. The Morgan fingerprint density at radius 2 is 2.06 bits per heavy atom. The van der Waals surface area contributed by atoms with Gasteiger partial charge >= 0.3 is 0 Å². The molecule has 1 rings (SSSR count). The molecule has 88 valence electrons. The van der Waals surface area contributed by atoms with Crippen LogP contribution in [0, 0.1) is 5.82 Å². The monoisotopic (exact) mass is 261 g/mol. The molecule has 0 aliphatic carbocycles. The third-order valence-corrected chi connectivity index (χ3v) is 3.40. The van der Waals surface area contributed by atoms with Gasteiger partial charge in [-0.2, -0.15) is 4.40 Å². The molecule has 1 aromatic carbocycles. The first-order valence-electron chi connectivity index (χ1n) is 4.72. The quantitative estimate of drug-likeness (QED) is 0.751. The summed E-state index contributed by atoms with van der Waals surface area (Å²) in [6.07, 6.45) is 1.44. The number of rotatable bonds is 2. The smallest absolute Gasteiger partial charge is 0.144 e. The van der Waals surface area contributed by atoms with Gasteiger partial charge in [0.15, 0.2) is 0 Å². The largest absolute Gasteiger partial charge is 0.234 e. The van der Waals surface area contributed by atoms with Crippen LogP contribution in [0.25, 0.3) is 0 Å². The fraction of sp³-hybridized carbons (Fsp3) is 0.364. The van der Waals surface area contributed by atoms with Gasteiger partial charge in [-0.15, -0.1) is 0 Å². The van der Waals surface area contributed by atoms with Crippen LogP contribution in [0.5, 0.6) is 0 Å². The Hall–Kier alpha value is -0.740. The summed E-state index contributed by atoms with van der Waals surface area (Å²) in [6.45, 7) is 5.49. The van der Waals surface area contributed by atoms with Gasteiger partial charge in [-0.25, -0.2) is 8.60 Å². The van der Waals surface area contributed by atoms with E-state index in [0.717, 1.165) is 0 Å². The first-order chi connectivity index (χ1) is 7.30. The molecule has 2 nitrogen and oxygen atoms in total. The number of halogens is 2. The van der Waals surface area contributed by atoms with E-state index in [0.29, 0.717) is 5.56 Å². The van der Waals surface area contributed by atoms with E-state index in [1.54, 1.807) is 0 Å². The SMILES string of the molecule is CC(C)(C)S(=O)/N=C/c1ccc(F)c(Cl)c1. The molecule has 0 saturated carbocycles. The van der Waals surface area contributed by atoms with E-state index >= 15 is 0 Å². The van der Waals surface area contributed by atoms with Crippen molar-refractivity contribution in [1.82, 2.24) is 0 Å². The maximum absolute atomic E-state index is 12.9. The minimum absolute atomic E-state index is 0.0329. The van der Waals surface area contributed by atoms with Crippen LogP contribution in [0.15, 0.2) is 22.6 Å². The summed E-state index contributed by atoms with van der Waals surface area (Å²) in [7, 11) is -1.32. The van der Waals surface area contributed by atoms with Crippen LogP contribution < -0.4 is 0 Å². The lowest BCUT2D eigenvalue weighted by molar-refractivity contribution is 0.628. The van der Waals surface area contributed by atoms with Crippen LogP contribution in [0.3, 0.4) is 0 Å². The van der Waals surface area contributed by atoms with Crippen LogP contribution >= 0.6 is 11.6 Å². The normalized spacial score (nSPS) is 14.3. The Labute approximate surface area is 102 Å². The van der Waals surface area contributed by atoms with Gasteiger partial charge in [-0.1, -0.05) is 17.7 Å². The van der Waals surface area contributed by atoms with E-state index in [1.807, 2.05) is 20.8 Å². The zero-order valence-electron chi connectivity index (χ0n) is 9.33. The third kappa shape index (κ3) is 3.68. The molecule has 0 bridgehead atoms. The molecule has 0 heterocycles. The number of nitrogens with zero attached hydrogens (tertiary/aromatic N) is 1. The van der Waals surface area contributed by atoms with E-state index < -0.39 is 21.5 Å². The van der Waals surface area contributed by atoms with Crippen molar-refractivity contribution >= 4 is 28.8 Å². The standard InChI is InChI=1S/C11H13ClFNOS/c1-11(2,3)16(15)14-7-8-4-5-10(13)9(12)6-8/h4-7H,1-3H3/b14-7+. The summed E-state index contributed by atoms with van der Waals surface area (Å²) in [5.41, 5.74) is 0.629. The van der Waals surface area contributed by atoms with Gasteiger partial charge in [-0.05, 0) is 38.5 Å². The fourth-order valence-corrected chi connectivity index (χ4v) is 1.58. The summed E-state index contributed by atoms with van der Waals surface area (Å²) in [6, 6.07) is 4.23. The molecular formula is C11H13ClFNOS. The highest BCUT2D eigenvalue weighted by Crippen LogP contribution is 2.16. The van der Waals surface area contributed by atoms with Gasteiger partial charge in [0.2, 0.25) is 0 Å². The highest BCUT2D eigenvalue weighted by molar-refractivity contribution is 7.85. The van der Waals surface area contributed by atoms with Crippen LogP contribution in [0.1, 0.15) is 26.3 Å². The highest BCUT2D eigenvalue weighted by atomic mass is 35.5. The molecule has 0 N–H and O–H groups in total. The second-order valence-corrected chi connectivity index (χ2v) is 6.61. The van der Waals surface area contributed by atoms with Crippen molar-refractivity contribution in [3.8, 4) is 0 Å². The van der Waals surface area contributed by atoms with Gasteiger partial charge in [0.05, 0.1) is 9.77 Å². The predicted octanol–water partition coefficient (Wildman–Crippen LogP) is 3.36. The lowest BCUT2D eigenvalue weighted by atomic mass is 10.2. The lowest BCUT2D eigenvalue weighted by Crippen LogP contribution is -2.19. The molecule has 0 fully saturated rings. The Morgan fingerprint density at radius 1 is 1.44 bits per heavy atom. The van der Waals surface area contributed by atoms with Crippen molar-refractivity contribution in [3.63, 3.8) is 0 Å². The van der Waals surface area contributed by atoms with Crippen molar-refractivity contribution in [2.75, 3.05) is 0 Å². The molecular weight excluding hydrogens is 249 g/mol. The topological polar surface area (TPSA) is 29.4 Å². The van der Waals surface area contributed by atoms with Crippen molar-refractivity contribution in [3.05, 3.63) is 34.6 Å². The minimum atomic E-state index is -1.32. The molecule has 0 aliphatic heterocycles. The van der Waals surface area contributed by atoms with Gasteiger partial charge in [0.1, 0.15) is 16.8 Å².